The van der Waals surface area contributed by atoms with Crippen molar-refractivity contribution in [3.05, 3.63) is 60.1 Å². The lowest BCUT2D eigenvalue weighted by Gasteiger charge is -2.35. The number of amides is 1. The minimum atomic E-state index is -0.292. The summed E-state index contributed by atoms with van der Waals surface area (Å²) in [5.74, 6) is -0.292. The second kappa shape index (κ2) is 10.6. The normalized spacial score (nSPS) is 14.6. The molecule has 5 heterocycles. The smallest absolute Gasteiger partial charge is 0.276 e. The molecule has 5 rings (SSSR count). The zero-order chi connectivity index (χ0) is 27.7. The molecule has 4 aromatic rings. The molecule has 0 atom stereocenters. The number of likely N-dealkylation sites (N-methyl/N-ethyl adjacent to an activating group) is 1. The van der Waals surface area contributed by atoms with E-state index in [0.717, 1.165) is 61.0 Å². The summed E-state index contributed by atoms with van der Waals surface area (Å²) in [5, 5.41) is 16.2. The highest BCUT2D eigenvalue weighted by Gasteiger charge is 2.21. The SMILES string of the molecule is CCN1CCN(c2cncc(-c3cn(-c4cc(NC(=O)c5cc(C)n(C(C)(C)C)n5)cnc4C)nn3)c2)CC1. The van der Waals surface area contributed by atoms with Crippen LogP contribution in [0.4, 0.5) is 11.4 Å². The van der Waals surface area contributed by atoms with E-state index in [-0.39, 0.29) is 11.4 Å². The number of carbonyl (C=O) groups excluding carboxylic acids is 1. The van der Waals surface area contributed by atoms with Crippen molar-refractivity contribution in [1.82, 2.24) is 39.6 Å². The molecule has 1 saturated heterocycles. The van der Waals surface area contributed by atoms with Gasteiger partial charge < -0.3 is 15.1 Å². The second-order valence-corrected chi connectivity index (χ2v) is 10.9. The molecule has 39 heavy (non-hydrogen) atoms. The Morgan fingerprint density at radius 1 is 1.03 bits per heavy atom. The van der Waals surface area contributed by atoms with E-state index >= 15 is 0 Å². The van der Waals surface area contributed by atoms with E-state index in [1.54, 1.807) is 23.1 Å². The largest absolute Gasteiger partial charge is 0.368 e. The number of pyridine rings is 2. The Morgan fingerprint density at radius 2 is 1.79 bits per heavy atom. The number of hydrogen-bond acceptors (Lipinski definition) is 8. The number of nitrogens with one attached hydrogen (secondary N) is 1. The Morgan fingerprint density at radius 3 is 2.49 bits per heavy atom. The third-order valence-corrected chi connectivity index (χ3v) is 7.02. The topological polar surface area (TPSA) is 110 Å². The maximum absolute atomic E-state index is 13.0. The van der Waals surface area contributed by atoms with Crippen LogP contribution < -0.4 is 10.2 Å². The van der Waals surface area contributed by atoms with Gasteiger partial charge in [-0.2, -0.15) is 5.10 Å². The molecular weight excluding hydrogens is 492 g/mol. The molecule has 1 aliphatic rings. The summed E-state index contributed by atoms with van der Waals surface area (Å²) in [4.78, 5) is 26.7. The lowest BCUT2D eigenvalue weighted by atomic mass is 10.1. The first kappa shape index (κ1) is 26.5. The molecule has 1 N–H and O–H groups in total. The summed E-state index contributed by atoms with van der Waals surface area (Å²) in [7, 11) is 0. The minimum absolute atomic E-state index is 0.217. The van der Waals surface area contributed by atoms with E-state index in [0.29, 0.717) is 17.1 Å². The van der Waals surface area contributed by atoms with Gasteiger partial charge in [0.1, 0.15) is 5.69 Å². The van der Waals surface area contributed by atoms with E-state index in [9.17, 15) is 4.79 Å². The third kappa shape index (κ3) is 5.68. The van der Waals surface area contributed by atoms with Gasteiger partial charge in [0.05, 0.1) is 46.9 Å². The maximum Gasteiger partial charge on any atom is 0.276 e. The molecule has 4 aromatic heterocycles. The van der Waals surface area contributed by atoms with Crippen molar-refractivity contribution in [1.29, 1.82) is 0 Å². The number of anilines is 2. The molecule has 0 radical (unpaired) electrons. The highest BCUT2D eigenvalue weighted by molar-refractivity contribution is 6.03. The Balaban J connectivity index is 1.34. The van der Waals surface area contributed by atoms with Gasteiger partial charge in [0.2, 0.25) is 0 Å². The van der Waals surface area contributed by atoms with Crippen molar-refractivity contribution in [3.63, 3.8) is 0 Å². The number of piperazine rings is 1. The molecule has 1 aliphatic heterocycles. The molecule has 11 heteroatoms. The molecule has 0 aliphatic carbocycles. The molecule has 1 amide bonds. The maximum atomic E-state index is 13.0. The first-order valence-electron chi connectivity index (χ1n) is 13.3. The van der Waals surface area contributed by atoms with Gasteiger partial charge in [-0.05, 0) is 59.4 Å². The first-order valence-corrected chi connectivity index (χ1v) is 13.3. The number of aryl methyl sites for hydroxylation is 2. The van der Waals surface area contributed by atoms with Crippen LogP contribution in [-0.4, -0.2) is 78.3 Å². The number of carbonyl (C=O) groups is 1. The fourth-order valence-electron chi connectivity index (χ4n) is 4.86. The fourth-order valence-corrected chi connectivity index (χ4v) is 4.86. The molecule has 1 fully saturated rings. The molecular formula is C28H36N10O. The molecule has 0 unspecified atom stereocenters. The van der Waals surface area contributed by atoms with Crippen molar-refractivity contribution in [2.75, 3.05) is 42.9 Å². The summed E-state index contributed by atoms with van der Waals surface area (Å²) >= 11 is 0. The Hall–Kier alpha value is -4.12. The summed E-state index contributed by atoms with van der Waals surface area (Å²) in [5.41, 5.74) is 5.81. The Bertz CT molecular complexity index is 1470. The lowest BCUT2D eigenvalue weighted by Crippen LogP contribution is -2.46. The third-order valence-electron chi connectivity index (χ3n) is 7.02. The van der Waals surface area contributed by atoms with Crippen molar-refractivity contribution in [3.8, 4) is 16.9 Å². The number of nitrogens with zero attached hydrogens (tertiary/aromatic N) is 9. The van der Waals surface area contributed by atoms with Gasteiger partial charge in [0, 0.05) is 43.6 Å². The standard InChI is InChI=1S/C28H36N10O/c1-7-35-8-10-36(11-9-35)23-13-21(15-29-17-23)25-18-37(34-32-25)26-14-22(16-30-20(26)3)31-27(39)24-12-19(2)38(33-24)28(4,5)6/h12-18H,7-11H2,1-6H3,(H,31,39). The van der Waals surface area contributed by atoms with E-state index in [4.69, 9.17) is 0 Å². The van der Waals surface area contributed by atoms with Crippen LogP contribution in [0.15, 0.2) is 43.0 Å². The van der Waals surface area contributed by atoms with Gasteiger partial charge in [-0.25, -0.2) is 4.68 Å². The van der Waals surface area contributed by atoms with Crippen LogP contribution in [0.25, 0.3) is 16.9 Å². The van der Waals surface area contributed by atoms with E-state index in [1.807, 2.05) is 37.0 Å². The summed E-state index contributed by atoms with van der Waals surface area (Å²) < 4.78 is 3.53. The predicted octanol–water partition coefficient (Wildman–Crippen LogP) is 3.69. The predicted molar refractivity (Wildman–Crippen MR) is 151 cm³/mol. The molecule has 0 aromatic carbocycles. The van der Waals surface area contributed by atoms with Crippen molar-refractivity contribution < 1.29 is 4.79 Å². The highest BCUT2D eigenvalue weighted by atomic mass is 16.2. The molecule has 0 spiro atoms. The average molecular weight is 529 g/mol. The van der Waals surface area contributed by atoms with Gasteiger partial charge in [-0.3, -0.25) is 19.4 Å². The Kier molecular flexibility index (Phi) is 7.17. The molecule has 0 bridgehead atoms. The lowest BCUT2D eigenvalue weighted by molar-refractivity contribution is 0.102. The van der Waals surface area contributed by atoms with E-state index in [2.05, 4.69) is 74.3 Å². The summed E-state index contributed by atoms with van der Waals surface area (Å²) in [6.45, 7) is 17.3. The van der Waals surface area contributed by atoms with Gasteiger partial charge in [0.15, 0.2) is 5.69 Å². The number of aromatic nitrogens is 7. The van der Waals surface area contributed by atoms with Gasteiger partial charge >= 0.3 is 0 Å². The zero-order valence-corrected chi connectivity index (χ0v) is 23.5. The molecule has 204 valence electrons. The second-order valence-electron chi connectivity index (χ2n) is 10.9. The minimum Gasteiger partial charge on any atom is -0.368 e. The molecule has 11 nitrogen and oxygen atoms in total. The van der Waals surface area contributed by atoms with Crippen LogP contribution in [0, 0.1) is 13.8 Å². The van der Waals surface area contributed by atoms with Crippen molar-refractivity contribution in [2.45, 2.75) is 47.1 Å². The fraction of sp³-hybridized carbons (Fsp3) is 0.429. The van der Waals surface area contributed by atoms with Crippen molar-refractivity contribution >= 4 is 17.3 Å². The number of rotatable bonds is 6. The van der Waals surface area contributed by atoms with Crippen LogP contribution in [-0.2, 0) is 5.54 Å². The van der Waals surface area contributed by atoms with Crippen LogP contribution in [0.2, 0.25) is 0 Å². The van der Waals surface area contributed by atoms with Crippen LogP contribution in [0.1, 0.15) is 49.6 Å². The highest BCUT2D eigenvalue weighted by Crippen LogP contribution is 2.25. The number of hydrogen-bond donors (Lipinski definition) is 1. The average Bonchev–Trinajstić information content (AvgIpc) is 3.57. The van der Waals surface area contributed by atoms with Crippen LogP contribution in [0.5, 0.6) is 0 Å². The van der Waals surface area contributed by atoms with Crippen molar-refractivity contribution in [2.24, 2.45) is 0 Å². The Labute approximate surface area is 228 Å². The zero-order valence-electron chi connectivity index (χ0n) is 23.5. The first-order chi connectivity index (χ1) is 18.6. The summed E-state index contributed by atoms with van der Waals surface area (Å²) in [6.07, 6.45) is 7.20. The van der Waals surface area contributed by atoms with Gasteiger partial charge in [-0.1, -0.05) is 12.1 Å². The van der Waals surface area contributed by atoms with E-state index in [1.165, 1.54) is 0 Å². The quantitative estimate of drug-likeness (QED) is 0.404. The van der Waals surface area contributed by atoms with Crippen LogP contribution >= 0.6 is 0 Å². The monoisotopic (exact) mass is 528 g/mol. The van der Waals surface area contributed by atoms with Gasteiger partial charge in [-0.15, -0.1) is 5.10 Å². The van der Waals surface area contributed by atoms with E-state index < -0.39 is 0 Å². The van der Waals surface area contributed by atoms with Gasteiger partial charge in [0.25, 0.3) is 5.91 Å². The van der Waals surface area contributed by atoms with Crippen LogP contribution in [0.3, 0.4) is 0 Å². The molecule has 0 saturated carbocycles. The summed E-state index contributed by atoms with van der Waals surface area (Å²) in [6, 6.07) is 5.75.